The summed E-state index contributed by atoms with van der Waals surface area (Å²) in [6.45, 7) is 1.82. The van der Waals surface area contributed by atoms with E-state index in [0.29, 0.717) is 22.3 Å². The third kappa shape index (κ3) is 4.62. The molecular weight excluding hydrogens is 314 g/mol. The van der Waals surface area contributed by atoms with Gasteiger partial charge in [-0.1, -0.05) is 23.2 Å². The van der Waals surface area contributed by atoms with E-state index in [-0.39, 0.29) is 11.7 Å². The molecule has 3 nitrogen and oxygen atoms in total. The first kappa shape index (κ1) is 15.6. The zero-order valence-electron chi connectivity index (χ0n) is 11.2. The molecule has 0 saturated carbocycles. The number of nitrogens with one attached hydrogen (secondary N) is 2. The molecule has 0 atom stereocenters. The van der Waals surface area contributed by atoms with E-state index >= 15 is 0 Å². The van der Waals surface area contributed by atoms with Crippen molar-refractivity contribution in [3.63, 3.8) is 0 Å². The molecule has 0 aromatic heterocycles. The molecule has 0 aliphatic heterocycles. The Kier molecular flexibility index (Phi) is 5.04. The third-order valence-electron chi connectivity index (χ3n) is 2.70. The predicted octanol–water partition coefficient (Wildman–Crippen LogP) is 4.70. The van der Waals surface area contributed by atoms with Crippen LogP contribution in [0.4, 0.5) is 15.8 Å². The van der Waals surface area contributed by atoms with Crippen LogP contribution in [-0.4, -0.2) is 5.91 Å². The number of amides is 1. The number of carbonyl (C=O) groups is 1. The molecule has 6 heteroatoms. The van der Waals surface area contributed by atoms with Gasteiger partial charge < -0.3 is 10.6 Å². The van der Waals surface area contributed by atoms with Gasteiger partial charge in [-0.15, -0.1) is 0 Å². The molecule has 2 N–H and O–H groups in total. The van der Waals surface area contributed by atoms with Crippen LogP contribution in [0.5, 0.6) is 0 Å². The summed E-state index contributed by atoms with van der Waals surface area (Å²) in [7, 11) is 0. The van der Waals surface area contributed by atoms with E-state index in [1.807, 2.05) is 0 Å². The fourth-order valence-electron chi connectivity index (χ4n) is 1.83. The van der Waals surface area contributed by atoms with Gasteiger partial charge in [-0.05, 0) is 42.0 Å². The minimum Gasteiger partial charge on any atom is -0.381 e. The summed E-state index contributed by atoms with van der Waals surface area (Å²) in [5.41, 5.74) is 2.03. The van der Waals surface area contributed by atoms with Crippen LogP contribution in [0, 0.1) is 5.82 Å². The number of carbonyl (C=O) groups excluding carboxylic acids is 1. The first-order valence-electron chi connectivity index (χ1n) is 6.20. The lowest BCUT2D eigenvalue weighted by Gasteiger charge is -2.10. The fourth-order valence-corrected chi connectivity index (χ4v) is 2.31. The standard InChI is InChI=1S/C15H13Cl2FN2O/c1-9(21)20-15-3-2-13(7-14(15)17)19-8-10-4-11(16)6-12(18)5-10/h2-7,19H,8H2,1H3,(H,20,21). The highest BCUT2D eigenvalue weighted by Crippen LogP contribution is 2.26. The number of hydrogen-bond acceptors (Lipinski definition) is 2. The lowest BCUT2D eigenvalue weighted by Crippen LogP contribution is -2.06. The molecule has 0 fully saturated rings. The average Bonchev–Trinajstić information content (AvgIpc) is 2.38. The van der Waals surface area contributed by atoms with Crippen LogP contribution >= 0.6 is 23.2 Å². The van der Waals surface area contributed by atoms with Crippen LogP contribution < -0.4 is 10.6 Å². The normalized spacial score (nSPS) is 10.3. The largest absolute Gasteiger partial charge is 0.381 e. The van der Waals surface area contributed by atoms with Gasteiger partial charge in [0.2, 0.25) is 5.91 Å². The van der Waals surface area contributed by atoms with Gasteiger partial charge in [-0.3, -0.25) is 4.79 Å². The molecule has 0 aliphatic rings. The van der Waals surface area contributed by atoms with Crippen molar-refractivity contribution in [2.75, 3.05) is 10.6 Å². The van der Waals surface area contributed by atoms with Crippen molar-refractivity contribution in [1.29, 1.82) is 0 Å². The molecular formula is C15H13Cl2FN2O. The van der Waals surface area contributed by atoms with Gasteiger partial charge in [-0.25, -0.2) is 4.39 Å². The van der Waals surface area contributed by atoms with E-state index in [2.05, 4.69) is 10.6 Å². The molecule has 2 aromatic rings. The van der Waals surface area contributed by atoms with Gasteiger partial charge in [0.05, 0.1) is 10.7 Å². The molecule has 0 bridgehead atoms. The summed E-state index contributed by atoms with van der Waals surface area (Å²) in [5, 5.41) is 6.51. The Hall–Kier alpha value is -1.78. The van der Waals surface area contributed by atoms with Gasteiger partial charge in [0, 0.05) is 24.2 Å². The third-order valence-corrected chi connectivity index (χ3v) is 3.23. The summed E-state index contributed by atoms with van der Waals surface area (Å²) >= 11 is 11.9. The Labute approximate surface area is 132 Å². The van der Waals surface area contributed by atoms with Gasteiger partial charge in [0.1, 0.15) is 5.82 Å². The molecule has 0 unspecified atom stereocenters. The number of hydrogen-bond donors (Lipinski definition) is 2. The number of anilines is 2. The fraction of sp³-hybridized carbons (Fsp3) is 0.133. The second-order valence-electron chi connectivity index (χ2n) is 4.51. The second-order valence-corrected chi connectivity index (χ2v) is 5.35. The highest BCUT2D eigenvalue weighted by atomic mass is 35.5. The maximum Gasteiger partial charge on any atom is 0.221 e. The summed E-state index contributed by atoms with van der Waals surface area (Å²) < 4.78 is 13.2. The van der Waals surface area contributed by atoms with Crippen LogP contribution in [0.3, 0.4) is 0 Å². The molecule has 0 spiro atoms. The van der Waals surface area contributed by atoms with E-state index < -0.39 is 0 Å². The van der Waals surface area contributed by atoms with Gasteiger partial charge in [-0.2, -0.15) is 0 Å². The van der Waals surface area contributed by atoms with Crippen molar-refractivity contribution >= 4 is 40.5 Å². The molecule has 2 rings (SSSR count). The Morgan fingerprint density at radius 2 is 1.95 bits per heavy atom. The molecule has 0 aliphatic carbocycles. The molecule has 0 saturated heterocycles. The first-order chi connectivity index (χ1) is 9.94. The van der Waals surface area contributed by atoms with Crippen LogP contribution in [-0.2, 0) is 11.3 Å². The Morgan fingerprint density at radius 1 is 1.19 bits per heavy atom. The van der Waals surface area contributed by atoms with Crippen LogP contribution in [0.15, 0.2) is 36.4 Å². The number of benzene rings is 2. The Balaban J connectivity index is 2.06. The minimum absolute atomic E-state index is 0.188. The van der Waals surface area contributed by atoms with E-state index in [4.69, 9.17) is 23.2 Å². The van der Waals surface area contributed by atoms with Crippen LogP contribution in [0.1, 0.15) is 12.5 Å². The molecule has 0 heterocycles. The average molecular weight is 327 g/mol. The van der Waals surface area contributed by atoms with Crippen molar-refractivity contribution < 1.29 is 9.18 Å². The SMILES string of the molecule is CC(=O)Nc1ccc(NCc2cc(F)cc(Cl)c2)cc1Cl. The van der Waals surface area contributed by atoms with Gasteiger partial charge in [0.25, 0.3) is 0 Å². The Bertz CT molecular complexity index is 656. The smallest absolute Gasteiger partial charge is 0.221 e. The summed E-state index contributed by atoms with van der Waals surface area (Å²) in [5.74, 6) is -0.564. The van der Waals surface area contributed by atoms with Crippen LogP contribution in [0.25, 0.3) is 0 Å². The number of rotatable bonds is 4. The number of halogens is 3. The van der Waals surface area contributed by atoms with Gasteiger partial charge >= 0.3 is 0 Å². The predicted molar refractivity (Wildman–Crippen MR) is 84.5 cm³/mol. The minimum atomic E-state index is -0.377. The Morgan fingerprint density at radius 3 is 2.57 bits per heavy atom. The van der Waals surface area contributed by atoms with Crippen molar-refractivity contribution in [3.8, 4) is 0 Å². The van der Waals surface area contributed by atoms with E-state index in [1.54, 1.807) is 24.3 Å². The lowest BCUT2D eigenvalue weighted by atomic mass is 10.2. The highest BCUT2D eigenvalue weighted by Gasteiger charge is 2.04. The van der Waals surface area contributed by atoms with E-state index in [9.17, 15) is 9.18 Å². The van der Waals surface area contributed by atoms with Crippen molar-refractivity contribution in [3.05, 3.63) is 57.8 Å². The molecule has 1 amide bonds. The van der Waals surface area contributed by atoms with Crippen molar-refractivity contribution in [2.45, 2.75) is 13.5 Å². The van der Waals surface area contributed by atoms with Crippen LogP contribution in [0.2, 0.25) is 10.0 Å². The van der Waals surface area contributed by atoms with Crippen molar-refractivity contribution in [1.82, 2.24) is 0 Å². The molecule has 110 valence electrons. The van der Waals surface area contributed by atoms with Gasteiger partial charge in [0.15, 0.2) is 0 Å². The summed E-state index contributed by atoms with van der Waals surface area (Å²) in [4.78, 5) is 11.0. The first-order valence-corrected chi connectivity index (χ1v) is 6.95. The lowest BCUT2D eigenvalue weighted by molar-refractivity contribution is -0.114. The maximum absolute atomic E-state index is 13.2. The molecule has 21 heavy (non-hydrogen) atoms. The summed E-state index contributed by atoms with van der Waals surface area (Å²) in [6, 6.07) is 9.51. The van der Waals surface area contributed by atoms with Crippen molar-refractivity contribution in [2.24, 2.45) is 0 Å². The zero-order chi connectivity index (χ0) is 15.4. The van der Waals surface area contributed by atoms with E-state index in [0.717, 1.165) is 11.3 Å². The highest BCUT2D eigenvalue weighted by molar-refractivity contribution is 6.34. The molecule has 2 aromatic carbocycles. The quantitative estimate of drug-likeness (QED) is 0.854. The maximum atomic E-state index is 13.2. The topological polar surface area (TPSA) is 41.1 Å². The molecule has 0 radical (unpaired) electrons. The van der Waals surface area contributed by atoms with E-state index in [1.165, 1.54) is 19.1 Å². The monoisotopic (exact) mass is 326 g/mol. The second kappa shape index (κ2) is 6.78. The summed E-state index contributed by atoms with van der Waals surface area (Å²) in [6.07, 6.45) is 0. The zero-order valence-corrected chi connectivity index (χ0v) is 12.7.